The highest BCUT2D eigenvalue weighted by molar-refractivity contribution is 5.09. The number of rotatable bonds is 4. The summed E-state index contributed by atoms with van der Waals surface area (Å²) in [4.78, 5) is 0. The van der Waals surface area contributed by atoms with Gasteiger partial charge in [0.1, 0.15) is 0 Å². The summed E-state index contributed by atoms with van der Waals surface area (Å²) in [6.45, 7) is 12.4. The van der Waals surface area contributed by atoms with E-state index in [-0.39, 0.29) is 0 Å². The lowest BCUT2D eigenvalue weighted by atomic mass is 9.73. The van der Waals surface area contributed by atoms with E-state index < -0.39 is 0 Å². The highest BCUT2D eigenvalue weighted by Crippen LogP contribution is 2.41. The first-order valence-electron chi connectivity index (χ1n) is 7.69. The summed E-state index contributed by atoms with van der Waals surface area (Å²) in [7, 11) is 0. The molecule has 2 unspecified atom stereocenters. The standard InChI is InChI=1S/C16H29N3/c1-6-9-17-14-7-8-16(4,5)11-15(14)19-13(3)10-12(2)18-19/h10,14-15,17H,6-9,11H2,1-5H3. The lowest BCUT2D eigenvalue weighted by Gasteiger charge is -2.41. The van der Waals surface area contributed by atoms with E-state index in [0.29, 0.717) is 17.5 Å². The average Bonchev–Trinajstić information content (AvgIpc) is 2.66. The zero-order chi connectivity index (χ0) is 14.0. The number of hydrogen-bond donors (Lipinski definition) is 1. The maximum atomic E-state index is 4.73. The molecule has 0 aliphatic heterocycles. The fourth-order valence-electron chi connectivity index (χ4n) is 3.36. The van der Waals surface area contributed by atoms with Crippen LogP contribution in [0.15, 0.2) is 6.07 Å². The van der Waals surface area contributed by atoms with Crippen molar-refractivity contribution in [3.05, 3.63) is 17.5 Å². The van der Waals surface area contributed by atoms with E-state index in [0.717, 1.165) is 12.2 Å². The molecule has 1 N–H and O–H groups in total. The Kier molecular flexibility index (Phi) is 4.34. The molecule has 0 amide bonds. The molecule has 2 rings (SSSR count). The van der Waals surface area contributed by atoms with Crippen molar-refractivity contribution < 1.29 is 0 Å². The summed E-state index contributed by atoms with van der Waals surface area (Å²) in [6, 6.07) is 3.27. The van der Waals surface area contributed by atoms with Gasteiger partial charge in [-0.05, 0) is 57.6 Å². The molecule has 19 heavy (non-hydrogen) atoms. The summed E-state index contributed by atoms with van der Waals surface area (Å²) in [5.74, 6) is 0. The van der Waals surface area contributed by atoms with Crippen molar-refractivity contribution in [3.63, 3.8) is 0 Å². The Labute approximate surface area is 117 Å². The van der Waals surface area contributed by atoms with E-state index in [9.17, 15) is 0 Å². The van der Waals surface area contributed by atoms with Gasteiger partial charge in [0.05, 0.1) is 11.7 Å². The SMILES string of the molecule is CCCNC1CCC(C)(C)CC1n1nc(C)cc1C. The molecule has 1 heterocycles. The molecule has 108 valence electrons. The van der Waals surface area contributed by atoms with Crippen LogP contribution in [0.5, 0.6) is 0 Å². The van der Waals surface area contributed by atoms with Crippen molar-refractivity contribution in [2.75, 3.05) is 6.54 Å². The van der Waals surface area contributed by atoms with Gasteiger partial charge in [-0.25, -0.2) is 0 Å². The van der Waals surface area contributed by atoms with Crippen molar-refractivity contribution in [1.29, 1.82) is 0 Å². The number of aryl methyl sites for hydroxylation is 2. The van der Waals surface area contributed by atoms with Crippen LogP contribution in [0, 0.1) is 19.3 Å². The Bertz CT molecular complexity index is 420. The van der Waals surface area contributed by atoms with E-state index in [1.165, 1.54) is 31.4 Å². The molecular formula is C16H29N3. The number of aromatic nitrogens is 2. The molecule has 3 nitrogen and oxygen atoms in total. The molecule has 2 atom stereocenters. The number of nitrogens with one attached hydrogen (secondary N) is 1. The van der Waals surface area contributed by atoms with Gasteiger partial charge in [0.15, 0.2) is 0 Å². The molecule has 1 saturated carbocycles. The second-order valence-corrected chi connectivity index (χ2v) is 6.91. The summed E-state index contributed by atoms with van der Waals surface area (Å²) in [6.07, 6.45) is 4.99. The fourth-order valence-corrected chi connectivity index (χ4v) is 3.36. The highest BCUT2D eigenvalue weighted by atomic mass is 15.3. The van der Waals surface area contributed by atoms with Crippen LogP contribution in [0.25, 0.3) is 0 Å². The molecule has 3 heteroatoms. The summed E-state index contributed by atoms with van der Waals surface area (Å²) < 4.78 is 2.27. The lowest BCUT2D eigenvalue weighted by molar-refractivity contribution is 0.133. The summed E-state index contributed by atoms with van der Waals surface area (Å²) >= 11 is 0. The van der Waals surface area contributed by atoms with Gasteiger partial charge < -0.3 is 5.32 Å². The smallest absolute Gasteiger partial charge is 0.0680 e. The zero-order valence-electron chi connectivity index (χ0n) is 13.2. The Morgan fingerprint density at radius 1 is 1.42 bits per heavy atom. The van der Waals surface area contributed by atoms with Crippen molar-refractivity contribution in [2.24, 2.45) is 5.41 Å². The van der Waals surface area contributed by atoms with E-state index in [4.69, 9.17) is 5.10 Å². The van der Waals surface area contributed by atoms with Crippen LogP contribution >= 0.6 is 0 Å². The van der Waals surface area contributed by atoms with Gasteiger partial charge in [0.25, 0.3) is 0 Å². The highest BCUT2D eigenvalue weighted by Gasteiger charge is 2.36. The van der Waals surface area contributed by atoms with Crippen LogP contribution in [0.2, 0.25) is 0 Å². The van der Waals surface area contributed by atoms with Crippen molar-refractivity contribution in [1.82, 2.24) is 15.1 Å². The molecule has 0 aromatic carbocycles. The Hall–Kier alpha value is -0.830. The fraction of sp³-hybridized carbons (Fsp3) is 0.812. The third kappa shape index (κ3) is 3.38. The van der Waals surface area contributed by atoms with Crippen LogP contribution in [0.1, 0.15) is 63.9 Å². The van der Waals surface area contributed by atoms with Crippen molar-refractivity contribution >= 4 is 0 Å². The van der Waals surface area contributed by atoms with Gasteiger partial charge in [-0.1, -0.05) is 20.8 Å². The predicted octanol–water partition coefficient (Wildman–Crippen LogP) is 3.62. The van der Waals surface area contributed by atoms with Gasteiger partial charge in [0.2, 0.25) is 0 Å². The molecular weight excluding hydrogens is 234 g/mol. The molecule has 0 spiro atoms. The maximum absolute atomic E-state index is 4.73. The predicted molar refractivity (Wildman–Crippen MR) is 80.5 cm³/mol. The summed E-state index contributed by atoms with van der Waals surface area (Å²) in [5, 5.41) is 8.47. The van der Waals surface area contributed by atoms with Gasteiger partial charge in [-0.15, -0.1) is 0 Å². The van der Waals surface area contributed by atoms with Crippen molar-refractivity contribution in [2.45, 2.75) is 72.4 Å². The second-order valence-electron chi connectivity index (χ2n) is 6.91. The van der Waals surface area contributed by atoms with E-state index in [1.807, 2.05) is 0 Å². The number of hydrogen-bond acceptors (Lipinski definition) is 2. The molecule has 1 fully saturated rings. The van der Waals surface area contributed by atoms with Crippen LogP contribution in [0.4, 0.5) is 0 Å². The van der Waals surface area contributed by atoms with Gasteiger partial charge in [-0.2, -0.15) is 5.10 Å². The molecule has 0 bridgehead atoms. The Balaban J connectivity index is 2.22. The monoisotopic (exact) mass is 263 g/mol. The molecule has 1 aliphatic rings. The normalized spacial score (nSPS) is 26.6. The van der Waals surface area contributed by atoms with E-state index >= 15 is 0 Å². The Morgan fingerprint density at radius 3 is 2.74 bits per heavy atom. The van der Waals surface area contributed by atoms with Gasteiger partial charge in [-0.3, -0.25) is 4.68 Å². The molecule has 1 aromatic heterocycles. The van der Waals surface area contributed by atoms with Crippen LogP contribution in [0.3, 0.4) is 0 Å². The first-order valence-corrected chi connectivity index (χ1v) is 7.69. The Morgan fingerprint density at radius 2 is 2.16 bits per heavy atom. The minimum atomic E-state index is 0.432. The van der Waals surface area contributed by atoms with Crippen molar-refractivity contribution in [3.8, 4) is 0 Å². The zero-order valence-corrected chi connectivity index (χ0v) is 13.2. The molecule has 1 aliphatic carbocycles. The minimum Gasteiger partial charge on any atom is -0.312 e. The van der Waals surface area contributed by atoms with Gasteiger partial charge in [0, 0.05) is 11.7 Å². The number of nitrogens with zero attached hydrogens (tertiary/aromatic N) is 2. The van der Waals surface area contributed by atoms with Crippen LogP contribution in [-0.4, -0.2) is 22.4 Å². The van der Waals surface area contributed by atoms with Gasteiger partial charge >= 0.3 is 0 Å². The first kappa shape index (κ1) is 14.6. The molecule has 0 saturated heterocycles. The first-order chi connectivity index (χ1) is 8.93. The third-order valence-electron chi connectivity index (χ3n) is 4.37. The summed E-state index contributed by atoms with van der Waals surface area (Å²) in [5.41, 5.74) is 2.86. The average molecular weight is 263 g/mol. The lowest BCUT2D eigenvalue weighted by Crippen LogP contribution is -2.44. The quantitative estimate of drug-likeness (QED) is 0.899. The van der Waals surface area contributed by atoms with Crippen LogP contribution < -0.4 is 5.32 Å². The van der Waals surface area contributed by atoms with Crippen LogP contribution in [-0.2, 0) is 0 Å². The molecule has 0 radical (unpaired) electrons. The second kappa shape index (κ2) is 5.66. The topological polar surface area (TPSA) is 29.9 Å². The largest absolute Gasteiger partial charge is 0.312 e. The van der Waals surface area contributed by atoms with E-state index in [2.05, 4.69) is 50.7 Å². The maximum Gasteiger partial charge on any atom is 0.0680 e. The molecule has 1 aromatic rings. The third-order valence-corrected chi connectivity index (χ3v) is 4.37. The van der Waals surface area contributed by atoms with E-state index in [1.54, 1.807) is 0 Å². The minimum absolute atomic E-state index is 0.432.